The van der Waals surface area contributed by atoms with Gasteiger partial charge >= 0.3 is 0 Å². The number of hydrogen-bond donors (Lipinski definition) is 1. The van der Waals surface area contributed by atoms with Gasteiger partial charge in [-0.3, -0.25) is 10.1 Å². The number of carbonyl (C=O) groups is 1. The van der Waals surface area contributed by atoms with Crippen LogP contribution in [-0.4, -0.2) is 20.5 Å². The van der Waals surface area contributed by atoms with Crippen LogP contribution in [0.1, 0.15) is 45.4 Å². The minimum atomic E-state index is -0.184. The van der Waals surface area contributed by atoms with Gasteiger partial charge in [0.15, 0.2) is 5.13 Å². The minimum absolute atomic E-state index is 0.184. The first-order chi connectivity index (χ1) is 12.0. The first kappa shape index (κ1) is 17.7. The minimum Gasteiger partial charge on any atom is -0.297 e. The number of aromatic nitrogens is 3. The Labute approximate surface area is 155 Å². The average molecular weight is 373 g/mol. The van der Waals surface area contributed by atoms with Crippen LogP contribution in [0.15, 0.2) is 17.5 Å². The Balaban J connectivity index is 1.83. The highest BCUT2D eigenvalue weighted by atomic mass is 32.1. The van der Waals surface area contributed by atoms with Crippen LogP contribution in [0.25, 0.3) is 11.3 Å². The lowest BCUT2D eigenvalue weighted by molar-refractivity contribution is 0.102. The molecule has 3 rings (SSSR count). The molecule has 0 aliphatic rings. The Morgan fingerprint density at radius 3 is 2.60 bits per heavy atom. The number of rotatable bonds is 5. The van der Waals surface area contributed by atoms with Crippen molar-refractivity contribution in [3.63, 3.8) is 0 Å². The molecule has 2 heterocycles. The van der Waals surface area contributed by atoms with E-state index < -0.39 is 0 Å². The van der Waals surface area contributed by atoms with Crippen LogP contribution in [-0.2, 0) is 6.42 Å². The molecule has 0 bridgehead atoms. The van der Waals surface area contributed by atoms with Gasteiger partial charge in [0, 0.05) is 10.9 Å². The van der Waals surface area contributed by atoms with Gasteiger partial charge in [-0.05, 0) is 49.9 Å². The van der Waals surface area contributed by atoms with Crippen molar-refractivity contribution < 1.29 is 4.79 Å². The Bertz CT molecular complexity index is 890. The van der Waals surface area contributed by atoms with Gasteiger partial charge in [0.1, 0.15) is 4.88 Å². The van der Waals surface area contributed by atoms with E-state index in [1.807, 2.05) is 5.38 Å². The largest absolute Gasteiger partial charge is 0.297 e. The van der Waals surface area contributed by atoms with E-state index in [1.165, 1.54) is 28.0 Å². The van der Waals surface area contributed by atoms with Crippen LogP contribution in [0.4, 0.5) is 5.13 Å². The number of aryl methyl sites for hydroxylation is 4. The number of nitrogens with one attached hydrogen (secondary N) is 1. The van der Waals surface area contributed by atoms with E-state index in [4.69, 9.17) is 0 Å². The van der Waals surface area contributed by atoms with Crippen molar-refractivity contribution in [3.8, 4) is 11.3 Å². The van der Waals surface area contributed by atoms with Crippen LogP contribution in [0.3, 0.4) is 0 Å². The number of amides is 1. The second kappa shape index (κ2) is 7.41. The molecule has 0 saturated heterocycles. The molecule has 0 saturated carbocycles. The summed E-state index contributed by atoms with van der Waals surface area (Å²) in [6.07, 6.45) is 1.68. The summed E-state index contributed by atoms with van der Waals surface area (Å²) in [5.41, 5.74) is 6.41. The van der Waals surface area contributed by atoms with Crippen molar-refractivity contribution in [2.45, 2.75) is 40.5 Å². The third-order valence-corrected chi connectivity index (χ3v) is 5.43. The standard InChI is InChI=1S/C18H20N4OS2/c1-5-6-13-16(25-22-21-13)17(23)20-18-19-14(9-24-18)15-11(3)7-10(2)8-12(15)4/h7-9H,5-6H2,1-4H3,(H,19,20,23). The Morgan fingerprint density at radius 2 is 1.92 bits per heavy atom. The monoisotopic (exact) mass is 372 g/mol. The van der Waals surface area contributed by atoms with Crippen molar-refractivity contribution in [2.75, 3.05) is 5.32 Å². The lowest BCUT2D eigenvalue weighted by Gasteiger charge is -2.08. The number of thiazole rings is 1. The van der Waals surface area contributed by atoms with E-state index in [2.05, 4.69) is 59.7 Å². The molecule has 0 atom stereocenters. The normalized spacial score (nSPS) is 10.9. The second-order valence-corrected chi connectivity index (χ2v) is 7.68. The fraction of sp³-hybridized carbons (Fsp3) is 0.333. The van der Waals surface area contributed by atoms with Crippen LogP contribution >= 0.6 is 22.9 Å². The fourth-order valence-corrected chi connectivity index (χ4v) is 4.27. The number of nitrogens with zero attached hydrogens (tertiary/aromatic N) is 3. The average Bonchev–Trinajstić information content (AvgIpc) is 3.16. The van der Waals surface area contributed by atoms with E-state index in [0.717, 1.165) is 41.3 Å². The Morgan fingerprint density at radius 1 is 1.20 bits per heavy atom. The van der Waals surface area contributed by atoms with Crippen molar-refractivity contribution in [3.05, 3.63) is 44.8 Å². The summed E-state index contributed by atoms with van der Waals surface area (Å²) in [6, 6.07) is 4.31. The molecule has 0 unspecified atom stereocenters. The molecule has 130 valence electrons. The smallest absolute Gasteiger partial charge is 0.271 e. The molecule has 5 nitrogen and oxygen atoms in total. The molecular formula is C18H20N4OS2. The lowest BCUT2D eigenvalue weighted by atomic mass is 9.98. The Kier molecular flexibility index (Phi) is 5.24. The zero-order valence-electron chi connectivity index (χ0n) is 14.7. The number of anilines is 1. The summed E-state index contributed by atoms with van der Waals surface area (Å²) >= 11 is 2.56. The van der Waals surface area contributed by atoms with Crippen molar-refractivity contribution in [2.24, 2.45) is 0 Å². The molecule has 0 radical (unpaired) electrons. The number of hydrogen-bond acceptors (Lipinski definition) is 6. The Hall–Kier alpha value is -2.12. The predicted molar refractivity (Wildman–Crippen MR) is 104 cm³/mol. The zero-order chi connectivity index (χ0) is 18.0. The van der Waals surface area contributed by atoms with Crippen molar-refractivity contribution in [1.82, 2.24) is 14.6 Å². The van der Waals surface area contributed by atoms with E-state index in [0.29, 0.717) is 10.0 Å². The fourth-order valence-electron chi connectivity index (χ4n) is 2.97. The predicted octanol–water partition coefficient (Wildman–Crippen LogP) is 4.79. The van der Waals surface area contributed by atoms with Crippen molar-refractivity contribution in [1.29, 1.82) is 0 Å². The van der Waals surface area contributed by atoms with Gasteiger partial charge in [0.05, 0.1) is 11.4 Å². The first-order valence-electron chi connectivity index (χ1n) is 8.16. The first-order valence-corrected chi connectivity index (χ1v) is 9.81. The highest BCUT2D eigenvalue weighted by molar-refractivity contribution is 7.14. The molecule has 7 heteroatoms. The molecular weight excluding hydrogens is 352 g/mol. The quantitative estimate of drug-likeness (QED) is 0.699. The second-order valence-electron chi connectivity index (χ2n) is 6.06. The third-order valence-electron chi connectivity index (χ3n) is 3.91. The summed E-state index contributed by atoms with van der Waals surface area (Å²) in [6.45, 7) is 8.33. The molecule has 0 fully saturated rings. The molecule has 1 aromatic carbocycles. The van der Waals surface area contributed by atoms with E-state index in [1.54, 1.807) is 0 Å². The molecule has 25 heavy (non-hydrogen) atoms. The van der Waals surface area contributed by atoms with Gasteiger partial charge in [-0.1, -0.05) is 35.5 Å². The van der Waals surface area contributed by atoms with Crippen LogP contribution in [0, 0.1) is 20.8 Å². The van der Waals surface area contributed by atoms with Crippen LogP contribution < -0.4 is 5.32 Å². The molecule has 1 amide bonds. The zero-order valence-corrected chi connectivity index (χ0v) is 16.3. The van der Waals surface area contributed by atoms with Gasteiger partial charge in [-0.2, -0.15) is 0 Å². The maximum Gasteiger partial charge on any atom is 0.271 e. The number of carbonyl (C=O) groups excluding carboxylic acids is 1. The van der Waals surface area contributed by atoms with Gasteiger partial charge in [0.2, 0.25) is 0 Å². The summed E-state index contributed by atoms with van der Waals surface area (Å²) in [5.74, 6) is -0.184. The van der Waals surface area contributed by atoms with Gasteiger partial charge in [0.25, 0.3) is 5.91 Å². The van der Waals surface area contributed by atoms with Gasteiger partial charge in [-0.25, -0.2) is 4.98 Å². The van der Waals surface area contributed by atoms with Gasteiger partial charge < -0.3 is 0 Å². The molecule has 1 N–H and O–H groups in total. The summed E-state index contributed by atoms with van der Waals surface area (Å²) < 4.78 is 3.90. The molecule has 2 aromatic heterocycles. The third kappa shape index (κ3) is 3.77. The van der Waals surface area contributed by atoms with E-state index >= 15 is 0 Å². The van der Waals surface area contributed by atoms with Crippen molar-refractivity contribution >= 4 is 33.9 Å². The summed E-state index contributed by atoms with van der Waals surface area (Å²) in [5, 5.41) is 9.50. The molecule has 0 aliphatic carbocycles. The van der Waals surface area contributed by atoms with Crippen LogP contribution in [0.2, 0.25) is 0 Å². The van der Waals surface area contributed by atoms with Crippen LogP contribution in [0.5, 0.6) is 0 Å². The topological polar surface area (TPSA) is 67.8 Å². The van der Waals surface area contributed by atoms with Gasteiger partial charge in [-0.15, -0.1) is 16.4 Å². The SMILES string of the molecule is CCCc1nnsc1C(=O)Nc1nc(-c2c(C)cc(C)cc2C)cs1. The molecule has 0 spiro atoms. The summed E-state index contributed by atoms with van der Waals surface area (Å²) in [7, 11) is 0. The highest BCUT2D eigenvalue weighted by Crippen LogP contribution is 2.31. The number of benzene rings is 1. The lowest BCUT2D eigenvalue weighted by Crippen LogP contribution is -2.12. The maximum atomic E-state index is 12.5. The summed E-state index contributed by atoms with van der Waals surface area (Å²) in [4.78, 5) is 17.7. The van der Waals surface area contributed by atoms with E-state index in [9.17, 15) is 4.79 Å². The molecule has 3 aromatic rings. The highest BCUT2D eigenvalue weighted by Gasteiger charge is 2.18. The molecule has 0 aliphatic heterocycles. The maximum absolute atomic E-state index is 12.5. The van der Waals surface area contributed by atoms with E-state index in [-0.39, 0.29) is 5.91 Å².